The van der Waals surface area contributed by atoms with E-state index in [0.29, 0.717) is 30.5 Å². The molecule has 6 heteroatoms. The normalized spacial score (nSPS) is 16.6. The quantitative estimate of drug-likeness (QED) is 0.573. The van der Waals surface area contributed by atoms with Crippen molar-refractivity contribution in [1.29, 1.82) is 0 Å². The van der Waals surface area contributed by atoms with Crippen molar-refractivity contribution >= 4 is 5.91 Å². The lowest BCUT2D eigenvalue weighted by Gasteiger charge is -2.22. The van der Waals surface area contributed by atoms with E-state index < -0.39 is 0 Å². The van der Waals surface area contributed by atoms with Crippen molar-refractivity contribution in [2.75, 3.05) is 26.7 Å². The van der Waals surface area contributed by atoms with Gasteiger partial charge in [0.15, 0.2) is 0 Å². The second-order valence-electron chi connectivity index (χ2n) is 8.03. The standard InChI is InChI=1S/C24H28N4O2/c1-27(16-20-14-15-28(18-20)17-19-8-4-2-5-9-19)23(29)13-12-22-25-24(26-30-22)21-10-6-3-7-11-21/h2-11,20H,12-18H2,1H3. The largest absolute Gasteiger partial charge is 0.345 e. The average molecular weight is 405 g/mol. The first-order chi connectivity index (χ1) is 14.7. The number of nitrogens with zero attached hydrogens (tertiary/aromatic N) is 4. The fraction of sp³-hybridized carbons (Fsp3) is 0.375. The molecule has 2 aromatic carbocycles. The molecular formula is C24H28N4O2. The number of amides is 1. The Balaban J connectivity index is 1.21. The molecule has 1 atom stereocenters. The first kappa shape index (κ1) is 20.3. The predicted octanol–water partition coefficient (Wildman–Crippen LogP) is 3.65. The van der Waals surface area contributed by atoms with Gasteiger partial charge in [-0.15, -0.1) is 0 Å². The Morgan fingerprint density at radius 1 is 1.13 bits per heavy atom. The fourth-order valence-electron chi connectivity index (χ4n) is 4.00. The third-order valence-electron chi connectivity index (χ3n) is 5.63. The molecule has 156 valence electrons. The van der Waals surface area contributed by atoms with E-state index >= 15 is 0 Å². The van der Waals surface area contributed by atoms with Gasteiger partial charge in [-0.1, -0.05) is 65.8 Å². The van der Waals surface area contributed by atoms with Crippen molar-refractivity contribution in [3.63, 3.8) is 0 Å². The van der Waals surface area contributed by atoms with Crippen molar-refractivity contribution < 1.29 is 9.32 Å². The van der Waals surface area contributed by atoms with E-state index in [4.69, 9.17) is 4.52 Å². The molecule has 1 saturated heterocycles. The summed E-state index contributed by atoms with van der Waals surface area (Å²) in [6, 6.07) is 20.3. The van der Waals surface area contributed by atoms with Crippen LogP contribution in [0.25, 0.3) is 11.4 Å². The maximum Gasteiger partial charge on any atom is 0.227 e. The van der Waals surface area contributed by atoms with Gasteiger partial charge in [-0.3, -0.25) is 9.69 Å². The van der Waals surface area contributed by atoms with E-state index in [0.717, 1.165) is 38.2 Å². The van der Waals surface area contributed by atoms with Crippen LogP contribution in [-0.2, 0) is 17.8 Å². The SMILES string of the molecule is CN(CC1CCN(Cc2ccccc2)C1)C(=O)CCc1nc(-c2ccccc2)no1. The number of rotatable bonds is 8. The number of aromatic nitrogens is 2. The van der Waals surface area contributed by atoms with Crippen LogP contribution in [0.2, 0.25) is 0 Å². The smallest absolute Gasteiger partial charge is 0.227 e. The van der Waals surface area contributed by atoms with Gasteiger partial charge >= 0.3 is 0 Å². The molecule has 0 aliphatic carbocycles. The summed E-state index contributed by atoms with van der Waals surface area (Å²) in [5.74, 6) is 1.72. The summed E-state index contributed by atoms with van der Waals surface area (Å²) in [5.41, 5.74) is 2.26. The van der Waals surface area contributed by atoms with Crippen LogP contribution in [-0.4, -0.2) is 52.5 Å². The van der Waals surface area contributed by atoms with Gasteiger partial charge in [0.05, 0.1) is 0 Å². The van der Waals surface area contributed by atoms with Gasteiger partial charge in [0, 0.05) is 45.1 Å². The van der Waals surface area contributed by atoms with Crippen LogP contribution in [0.4, 0.5) is 0 Å². The number of hydrogen-bond donors (Lipinski definition) is 0. The summed E-state index contributed by atoms with van der Waals surface area (Å²) in [4.78, 5) is 21.3. The number of benzene rings is 2. The minimum atomic E-state index is 0.121. The molecule has 1 amide bonds. The highest BCUT2D eigenvalue weighted by atomic mass is 16.5. The number of carbonyl (C=O) groups excluding carboxylic acids is 1. The van der Waals surface area contributed by atoms with Crippen molar-refractivity contribution in [2.24, 2.45) is 5.92 Å². The highest BCUT2D eigenvalue weighted by Gasteiger charge is 2.25. The molecule has 0 spiro atoms. The van der Waals surface area contributed by atoms with E-state index in [9.17, 15) is 4.79 Å². The van der Waals surface area contributed by atoms with Crippen molar-refractivity contribution in [3.05, 3.63) is 72.1 Å². The summed E-state index contributed by atoms with van der Waals surface area (Å²) in [6.07, 6.45) is 1.98. The van der Waals surface area contributed by atoms with Crippen LogP contribution in [0.1, 0.15) is 24.3 Å². The minimum absolute atomic E-state index is 0.121. The average Bonchev–Trinajstić information content (AvgIpc) is 3.43. The third kappa shape index (κ3) is 5.33. The van der Waals surface area contributed by atoms with Crippen LogP contribution in [0.3, 0.4) is 0 Å². The van der Waals surface area contributed by atoms with Crippen LogP contribution >= 0.6 is 0 Å². The molecule has 6 nitrogen and oxygen atoms in total. The lowest BCUT2D eigenvalue weighted by atomic mass is 10.1. The van der Waals surface area contributed by atoms with Crippen LogP contribution < -0.4 is 0 Å². The highest BCUT2D eigenvalue weighted by Crippen LogP contribution is 2.20. The first-order valence-electron chi connectivity index (χ1n) is 10.6. The molecule has 2 heterocycles. The minimum Gasteiger partial charge on any atom is -0.345 e. The van der Waals surface area contributed by atoms with E-state index in [1.807, 2.05) is 48.3 Å². The van der Waals surface area contributed by atoms with Gasteiger partial charge < -0.3 is 9.42 Å². The Morgan fingerprint density at radius 2 is 1.87 bits per heavy atom. The van der Waals surface area contributed by atoms with Crippen LogP contribution in [0.5, 0.6) is 0 Å². The van der Waals surface area contributed by atoms with Crippen molar-refractivity contribution in [3.8, 4) is 11.4 Å². The van der Waals surface area contributed by atoms with Gasteiger partial charge in [-0.25, -0.2) is 0 Å². The Kier molecular flexibility index (Phi) is 6.54. The van der Waals surface area contributed by atoms with E-state index in [2.05, 4.69) is 39.3 Å². The molecule has 1 aliphatic rings. The van der Waals surface area contributed by atoms with Gasteiger partial charge in [-0.05, 0) is 24.4 Å². The van der Waals surface area contributed by atoms with Gasteiger partial charge in [0.1, 0.15) is 0 Å². The predicted molar refractivity (Wildman–Crippen MR) is 116 cm³/mol. The molecule has 1 fully saturated rings. The summed E-state index contributed by atoms with van der Waals surface area (Å²) in [7, 11) is 1.89. The zero-order valence-corrected chi connectivity index (χ0v) is 17.4. The van der Waals surface area contributed by atoms with Crippen LogP contribution in [0.15, 0.2) is 65.2 Å². The van der Waals surface area contributed by atoms with E-state index in [1.54, 1.807) is 0 Å². The number of hydrogen-bond acceptors (Lipinski definition) is 5. The molecule has 4 rings (SSSR count). The van der Waals surface area contributed by atoms with Crippen molar-refractivity contribution in [1.82, 2.24) is 19.9 Å². The van der Waals surface area contributed by atoms with Crippen molar-refractivity contribution in [2.45, 2.75) is 25.8 Å². The Hall–Kier alpha value is -2.99. The monoisotopic (exact) mass is 404 g/mol. The highest BCUT2D eigenvalue weighted by molar-refractivity contribution is 5.76. The molecule has 0 bridgehead atoms. The lowest BCUT2D eigenvalue weighted by Crippen LogP contribution is -2.33. The lowest BCUT2D eigenvalue weighted by molar-refractivity contribution is -0.130. The van der Waals surface area contributed by atoms with Gasteiger partial charge in [0.2, 0.25) is 17.6 Å². The molecule has 3 aromatic rings. The zero-order valence-electron chi connectivity index (χ0n) is 17.4. The number of carbonyl (C=O) groups is 1. The zero-order chi connectivity index (χ0) is 20.8. The molecule has 0 radical (unpaired) electrons. The molecule has 1 aliphatic heterocycles. The summed E-state index contributed by atoms with van der Waals surface area (Å²) in [6.45, 7) is 3.90. The Labute approximate surface area is 177 Å². The second kappa shape index (κ2) is 9.67. The van der Waals surface area contributed by atoms with E-state index in [-0.39, 0.29) is 5.91 Å². The second-order valence-corrected chi connectivity index (χ2v) is 8.03. The summed E-state index contributed by atoms with van der Waals surface area (Å²) >= 11 is 0. The molecule has 1 unspecified atom stereocenters. The van der Waals surface area contributed by atoms with Gasteiger partial charge in [-0.2, -0.15) is 4.98 Å². The topological polar surface area (TPSA) is 62.5 Å². The Morgan fingerprint density at radius 3 is 2.63 bits per heavy atom. The molecular weight excluding hydrogens is 376 g/mol. The fourth-order valence-corrected chi connectivity index (χ4v) is 4.00. The van der Waals surface area contributed by atoms with Gasteiger partial charge in [0.25, 0.3) is 0 Å². The summed E-state index contributed by atoms with van der Waals surface area (Å²) < 4.78 is 5.31. The first-order valence-corrected chi connectivity index (χ1v) is 10.6. The Bertz CT molecular complexity index is 942. The maximum absolute atomic E-state index is 12.6. The molecule has 30 heavy (non-hydrogen) atoms. The molecule has 1 aromatic heterocycles. The van der Waals surface area contributed by atoms with E-state index in [1.165, 1.54) is 5.56 Å². The maximum atomic E-state index is 12.6. The number of likely N-dealkylation sites (tertiary alicyclic amines) is 1. The third-order valence-corrected chi connectivity index (χ3v) is 5.63. The van der Waals surface area contributed by atoms with Crippen LogP contribution in [0, 0.1) is 5.92 Å². The molecule has 0 N–H and O–H groups in total. The summed E-state index contributed by atoms with van der Waals surface area (Å²) in [5, 5.41) is 4.02. The number of aryl methyl sites for hydroxylation is 1. The molecule has 0 saturated carbocycles.